The summed E-state index contributed by atoms with van der Waals surface area (Å²) < 4.78 is 5.83. The van der Waals surface area contributed by atoms with Gasteiger partial charge in [-0.3, -0.25) is 9.69 Å². The highest BCUT2D eigenvalue weighted by atomic mass is 32.2. The highest BCUT2D eigenvalue weighted by molar-refractivity contribution is 8.16. The summed E-state index contributed by atoms with van der Waals surface area (Å²) in [6, 6.07) is 19.3. The molecular formula is C21H19N3O2S. The summed E-state index contributed by atoms with van der Waals surface area (Å²) in [5, 5.41) is 10.2. The molecule has 1 aromatic heterocycles. The van der Waals surface area contributed by atoms with Gasteiger partial charge in [0.25, 0.3) is 0 Å². The lowest BCUT2D eigenvalue weighted by Crippen LogP contribution is -2.31. The molecule has 0 saturated carbocycles. The van der Waals surface area contributed by atoms with Gasteiger partial charge < -0.3 is 4.42 Å². The van der Waals surface area contributed by atoms with E-state index in [0.29, 0.717) is 16.6 Å². The number of para-hydroxylation sites is 2. The lowest BCUT2D eigenvalue weighted by molar-refractivity contribution is -0.116. The van der Waals surface area contributed by atoms with Crippen LogP contribution < -0.4 is 4.90 Å². The van der Waals surface area contributed by atoms with E-state index >= 15 is 0 Å². The van der Waals surface area contributed by atoms with Gasteiger partial charge in [-0.15, -0.1) is 10.2 Å². The van der Waals surface area contributed by atoms with Crippen molar-refractivity contribution in [2.24, 2.45) is 10.2 Å². The number of carbonyl (C=O) groups excluding carboxylic acids is 1. The van der Waals surface area contributed by atoms with Gasteiger partial charge in [0, 0.05) is 5.39 Å². The molecule has 1 atom stereocenters. The van der Waals surface area contributed by atoms with Gasteiger partial charge in [0.05, 0.1) is 10.9 Å². The van der Waals surface area contributed by atoms with Crippen molar-refractivity contribution in [3.05, 3.63) is 66.4 Å². The molecule has 1 aliphatic heterocycles. The maximum Gasteiger partial charge on any atom is 0.246 e. The Hall–Kier alpha value is -2.86. The Labute approximate surface area is 161 Å². The molecule has 1 amide bonds. The summed E-state index contributed by atoms with van der Waals surface area (Å²) in [4.78, 5) is 14.4. The Morgan fingerprint density at radius 2 is 1.89 bits per heavy atom. The van der Waals surface area contributed by atoms with E-state index < -0.39 is 0 Å². The smallest absolute Gasteiger partial charge is 0.246 e. The summed E-state index contributed by atoms with van der Waals surface area (Å²) in [5.41, 5.74) is 2.29. The van der Waals surface area contributed by atoms with Crippen LogP contribution in [0, 0.1) is 0 Å². The van der Waals surface area contributed by atoms with Crippen molar-refractivity contribution in [2.45, 2.75) is 25.5 Å². The summed E-state index contributed by atoms with van der Waals surface area (Å²) in [6.45, 7) is 3.86. The van der Waals surface area contributed by atoms with E-state index in [2.05, 4.69) is 10.2 Å². The Kier molecular flexibility index (Phi) is 4.81. The number of fused-ring (bicyclic) bond motifs is 1. The number of nitrogens with zero attached hydrogens (tertiary/aromatic N) is 3. The fourth-order valence-corrected chi connectivity index (χ4v) is 3.95. The van der Waals surface area contributed by atoms with E-state index in [-0.39, 0.29) is 11.2 Å². The molecule has 6 heteroatoms. The van der Waals surface area contributed by atoms with Crippen molar-refractivity contribution < 1.29 is 9.21 Å². The van der Waals surface area contributed by atoms with Gasteiger partial charge in [0.1, 0.15) is 11.3 Å². The molecule has 1 aliphatic rings. The van der Waals surface area contributed by atoms with Crippen LogP contribution in [0.5, 0.6) is 0 Å². The molecule has 136 valence electrons. The average Bonchev–Trinajstić information content (AvgIpc) is 3.27. The second kappa shape index (κ2) is 7.40. The monoisotopic (exact) mass is 377 g/mol. The van der Waals surface area contributed by atoms with Crippen LogP contribution in [-0.4, -0.2) is 22.0 Å². The molecule has 1 saturated heterocycles. The first-order chi connectivity index (χ1) is 13.2. The van der Waals surface area contributed by atoms with E-state index in [4.69, 9.17) is 4.42 Å². The number of benzene rings is 2. The van der Waals surface area contributed by atoms with E-state index in [1.54, 1.807) is 4.90 Å². The van der Waals surface area contributed by atoms with E-state index in [9.17, 15) is 4.79 Å². The zero-order valence-corrected chi connectivity index (χ0v) is 15.9. The standard InChI is InChI=1S/C21H19N3O2S/c1-3-19-20(25)24(16-10-5-4-6-11-16)21(27-19)23-22-14(2)18-13-15-9-7-8-12-17(15)26-18/h4-13,19H,3H2,1-2H3/b22-14+,23-21-. The van der Waals surface area contributed by atoms with Gasteiger partial charge >= 0.3 is 0 Å². The summed E-state index contributed by atoms with van der Waals surface area (Å²) in [5.74, 6) is 0.720. The second-order valence-electron chi connectivity index (χ2n) is 6.24. The van der Waals surface area contributed by atoms with Crippen LogP contribution in [0.3, 0.4) is 0 Å². The molecule has 5 nitrogen and oxygen atoms in total. The Bertz CT molecular complexity index is 1010. The van der Waals surface area contributed by atoms with Crippen LogP contribution in [0.1, 0.15) is 26.0 Å². The highest BCUT2D eigenvalue weighted by Gasteiger charge is 2.38. The van der Waals surface area contributed by atoms with E-state index in [1.165, 1.54) is 11.8 Å². The number of rotatable bonds is 4. The molecule has 4 rings (SSSR count). The third-order valence-electron chi connectivity index (χ3n) is 4.39. The summed E-state index contributed by atoms with van der Waals surface area (Å²) in [7, 11) is 0. The molecule has 2 heterocycles. The lowest BCUT2D eigenvalue weighted by atomic mass is 10.2. The molecular weight excluding hydrogens is 358 g/mol. The number of anilines is 1. The average molecular weight is 377 g/mol. The van der Waals surface area contributed by atoms with Crippen molar-refractivity contribution in [1.82, 2.24) is 0 Å². The van der Waals surface area contributed by atoms with Crippen LogP contribution in [0.2, 0.25) is 0 Å². The number of carbonyl (C=O) groups is 1. The summed E-state index contributed by atoms with van der Waals surface area (Å²) in [6.07, 6.45) is 0.748. The number of hydrogen-bond acceptors (Lipinski definition) is 5. The second-order valence-corrected chi connectivity index (χ2v) is 7.41. The molecule has 0 N–H and O–H groups in total. The van der Waals surface area contributed by atoms with Gasteiger partial charge in [-0.1, -0.05) is 55.1 Å². The number of furan rings is 1. The Morgan fingerprint density at radius 3 is 2.63 bits per heavy atom. The van der Waals surface area contributed by atoms with Crippen LogP contribution in [0.25, 0.3) is 11.0 Å². The largest absolute Gasteiger partial charge is 0.455 e. The highest BCUT2D eigenvalue weighted by Crippen LogP contribution is 2.33. The van der Waals surface area contributed by atoms with Crippen molar-refractivity contribution in [3.8, 4) is 0 Å². The molecule has 3 aromatic rings. The fraction of sp³-hybridized carbons (Fsp3) is 0.190. The molecule has 0 radical (unpaired) electrons. The first kappa shape index (κ1) is 17.5. The first-order valence-electron chi connectivity index (χ1n) is 8.84. The quantitative estimate of drug-likeness (QED) is 0.471. The minimum absolute atomic E-state index is 0.0454. The Balaban J connectivity index is 1.67. The molecule has 27 heavy (non-hydrogen) atoms. The zero-order chi connectivity index (χ0) is 18.8. The summed E-state index contributed by atoms with van der Waals surface area (Å²) >= 11 is 1.45. The predicted molar refractivity (Wildman–Crippen MR) is 111 cm³/mol. The molecule has 2 aromatic carbocycles. The molecule has 1 fully saturated rings. The normalized spacial score (nSPS) is 19.4. The number of thioether (sulfide) groups is 1. The topological polar surface area (TPSA) is 58.2 Å². The van der Waals surface area contributed by atoms with Crippen LogP contribution in [-0.2, 0) is 4.79 Å². The number of amidine groups is 1. The molecule has 0 spiro atoms. The van der Waals surface area contributed by atoms with Crippen LogP contribution >= 0.6 is 11.8 Å². The minimum Gasteiger partial charge on any atom is -0.455 e. The van der Waals surface area contributed by atoms with Crippen LogP contribution in [0.15, 0.2) is 75.3 Å². The molecule has 0 bridgehead atoms. The Morgan fingerprint density at radius 1 is 1.15 bits per heavy atom. The van der Waals surface area contributed by atoms with E-state index in [0.717, 1.165) is 23.1 Å². The van der Waals surface area contributed by atoms with Crippen LogP contribution in [0.4, 0.5) is 5.69 Å². The third kappa shape index (κ3) is 3.40. The van der Waals surface area contributed by atoms with Crippen molar-refractivity contribution in [3.63, 3.8) is 0 Å². The maximum absolute atomic E-state index is 12.7. The lowest BCUT2D eigenvalue weighted by Gasteiger charge is -2.15. The van der Waals surface area contributed by atoms with Gasteiger partial charge in [-0.05, 0) is 37.6 Å². The fourth-order valence-electron chi connectivity index (χ4n) is 2.94. The van der Waals surface area contributed by atoms with Gasteiger partial charge in [0.15, 0.2) is 10.9 Å². The third-order valence-corrected chi connectivity index (χ3v) is 5.68. The van der Waals surface area contributed by atoms with Crippen molar-refractivity contribution >= 4 is 45.2 Å². The minimum atomic E-state index is -0.134. The molecule has 0 aliphatic carbocycles. The van der Waals surface area contributed by atoms with Crippen molar-refractivity contribution in [2.75, 3.05) is 4.90 Å². The van der Waals surface area contributed by atoms with Crippen molar-refractivity contribution in [1.29, 1.82) is 0 Å². The first-order valence-corrected chi connectivity index (χ1v) is 9.72. The number of hydrogen-bond donors (Lipinski definition) is 0. The van der Waals surface area contributed by atoms with Gasteiger partial charge in [0.2, 0.25) is 5.91 Å². The maximum atomic E-state index is 12.7. The molecule has 1 unspecified atom stereocenters. The number of amides is 1. The predicted octanol–water partition coefficient (Wildman–Crippen LogP) is 5.07. The zero-order valence-electron chi connectivity index (χ0n) is 15.1. The van der Waals surface area contributed by atoms with E-state index in [1.807, 2.05) is 74.5 Å². The van der Waals surface area contributed by atoms with Gasteiger partial charge in [-0.2, -0.15) is 0 Å². The SMILES string of the molecule is CCC1S/C(=N\N=C(/C)c2cc3ccccc3o2)N(c2ccccc2)C1=O. The van der Waals surface area contributed by atoms with Gasteiger partial charge in [-0.25, -0.2) is 0 Å².